The van der Waals surface area contributed by atoms with Crippen molar-refractivity contribution in [1.82, 2.24) is 0 Å². The maximum absolute atomic E-state index is 8.89. The molecule has 2 aromatic carbocycles. The van der Waals surface area contributed by atoms with Gasteiger partial charge in [0.25, 0.3) is 0 Å². The first kappa shape index (κ1) is 36.2. The van der Waals surface area contributed by atoms with Gasteiger partial charge in [-0.2, -0.15) is 0 Å². The summed E-state index contributed by atoms with van der Waals surface area (Å²) in [6.45, 7) is 3.89. The van der Waals surface area contributed by atoms with E-state index in [-0.39, 0.29) is 26.2 Å². The van der Waals surface area contributed by atoms with Gasteiger partial charge in [-0.1, -0.05) is 65.7 Å². The molecule has 0 heterocycles. The number of carboxylic acid groups (broad SMARTS) is 4. The molecule has 31 heavy (non-hydrogen) atoms. The third-order valence-corrected chi connectivity index (χ3v) is 2.86. The summed E-state index contributed by atoms with van der Waals surface area (Å²) in [5, 5.41) is 36.8. The van der Waals surface area contributed by atoms with Crippen molar-refractivity contribution in [3.8, 4) is 11.1 Å². The normalized spacial score (nSPS) is 7.81. The van der Waals surface area contributed by atoms with E-state index >= 15 is 0 Å². The number of carbonyl (C=O) groups excluding carboxylic acids is 4. The summed E-state index contributed by atoms with van der Waals surface area (Å²) in [7, 11) is 0. The Morgan fingerprint density at radius 1 is 0.613 bits per heavy atom. The second-order valence-electron chi connectivity index (χ2n) is 4.93. The summed E-state index contributed by atoms with van der Waals surface area (Å²) >= 11 is 12.0. The fourth-order valence-corrected chi connectivity index (χ4v) is 1.75. The molecule has 11 heteroatoms. The van der Waals surface area contributed by atoms with Crippen LogP contribution in [0.2, 0.25) is 10.0 Å². The van der Waals surface area contributed by atoms with E-state index in [1.54, 1.807) is 6.07 Å². The maximum atomic E-state index is 8.89. The minimum atomic E-state index is -1.08. The number of benzene rings is 2. The topological polar surface area (TPSA) is 161 Å². The van der Waals surface area contributed by atoms with Crippen molar-refractivity contribution < 1.29 is 65.8 Å². The summed E-state index contributed by atoms with van der Waals surface area (Å²) < 4.78 is 0. The van der Waals surface area contributed by atoms with Crippen LogP contribution in [-0.4, -0.2) is 23.9 Å². The fourth-order valence-electron chi connectivity index (χ4n) is 1.34. The van der Waals surface area contributed by atoms with E-state index in [1.165, 1.54) is 0 Å². The number of carboxylic acids is 4. The molecule has 0 bridgehead atoms. The molecule has 2 aromatic rings. The summed E-state index contributed by atoms with van der Waals surface area (Å²) in [4.78, 5) is 35.6. The van der Waals surface area contributed by atoms with E-state index in [1.807, 2.05) is 42.5 Å². The van der Waals surface area contributed by atoms with E-state index in [2.05, 4.69) is 0 Å². The smallest absolute Gasteiger partial charge is 0.550 e. The third-order valence-electron chi connectivity index (χ3n) is 2.04. The average Bonchev–Trinajstić information content (AvgIpc) is 2.56. The Hall–Kier alpha value is -2.22. The van der Waals surface area contributed by atoms with Crippen LogP contribution in [0, 0.1) is 0 Å². The number of hydrogen-bond acceptors (Lipinski definition) is 8. The Labute approximate surface area is 209 Å². The molecule has 0 N–H and O–H groups in total. The van der Waals surface area contributed by atoms with Crippen molar-refractivity contribution >= 4 is 47.1 Å². The summed E-state index contributed by atoms with van der Waals surface area (Å²) in [5.74, 6) is -4.33. The molecule has 0 saturated heterocycles. The molecule has 0 radical (unpaired) electrons. The second kappa shape index (κ2) is 22.5. The Kier molecular flexibility index (Phi) is 26.2. The van der Waals surface area contributed by atoms with Crippen LogP contribution in [0.5, 0.6) is 0 Å². The number of hydrogen-bond donors (Lipinski definition) is 0. The summed E-state index contributed by atoms with van der Waals surface area (Å²) in [5.41, 5.74) is 2.06. The van der Waals surface area contributed by atoms with Crippen molar-refractivity contribution in [2.45, 2.75) is 27.7 Å². The van der Waals surface area contributed by atoms with E-state index in [9.17, 15) is 0 Å². The molecule has 0 saturated carbocycles. The van der Waals surface area contributed by atoms with Crippen LogP contribution in [0.15, 0.2) is 48.5 Å². The molecule has 0 spiro atoms. The number of aliphatic carboxylic acids is 4. The van der Waals surface area contributed by atoms with Crippen LogP contribution in [0.4, 0.5) is 0 Å². The predicted octanol–water partition coefficient (Wildman–Crippen LogP) is -0.317. The van der Waals surface area contributed by atoms with Gasteiger partial charge in [0.2, 0.25) is 0 Å². The molecule has 0 aliphatic heterocycles. The minimum Gasteiger partial charge on any atom is -0.550 e. The number of rotatable bonds is 1. The fraction of sp³-hybridized carbons (Fsp3) is 0.200. The van der Waals surface area contributed by atoms with Crippen molar-refractivity contribution in [3.05, 3.63) is 58.6 Å². The quantitative estimate of drug-likeness (QED) is 0.467. The van der Waals surface area contributed by atoms with Crippen molar-refractivity contribution in [3.63, 3.8) is 0 Å². The first-order chi connectivity index (χ1) is 13.7. The largest absolute Gasteiger partial charge is 4.00 e. The SMILES string of the molecule is CC(=O)[O-].CC(=O)[O-].CC(=O)[O-].CC(=O)[O-].Clc1cccc(-c2ccccc2)c1Cl.[Zr+4]. The molecule has 0 fully saturated rings. The van der Waals surface area contributed by atoms with Crippen molar-refractivity contribution in [2.75, 3.05) is 0 Å². The van der Waals surface area contributed by atoms with E-state index in [4.69, 9.17) is 62.8 Å². The molecule has 8 nitrogen and oxygen atoms in total. The van der Waals surface area contributed by atoms with Gasteiger partial charge in [0.1, 0.15) is 0 Å². The first-order valence-corrected chi connectivity index (χ1v) is 8.67. The molecule has 0 atom stereocenters. The Morgan fingerprint density at radius 2 is 0.935 bits per heavy atom. The summed E-state index contributed by atoms with van der Waals surface area (Å²) in [6, 6.07) is 15.6. The van der Waals surface area contributed by atoms with Crippen LogP contribution in [-0.2, 0) is 45.4 Å². The summed E-state index contributed by atoms with van der Waals surface area (Å²) in [6.07, 6.45) is 0. The zero-order valence-corrected chi connectivity index (χ0v) is 21.1. The molecule has 166 valence electrons. The van der Waals surface area contributed by atoms with Crippen LogP contribution < -0.4 is 20.4 Å². The van der Waals surface area contributed by atoms with E-state index in [0.29, 0.717) is 10.0 Å². The minimum absolute atomic E-state index is 0. The van der Waals surface area contributed by atoms with E-state index < -0.39 is 23.9 Å². The molecule has 0 amide bonds. The van der Waals surface area contributed by atoms with Crippen LogP contribution in [0.1, 0.15) is 27.7 Å². The van der Waals surface area contributed by atoms with Crippen LogP contribution in [0.3, 0.4) is 0 Å². The number of carbonyl (C=O) groups is 4. The molecule has 0 aliphatic rings. The van der Waals surface area contributed by atoms with E-state index in [0.717, 1.165) is 38.8 Å². The van der Waals surface area contributed by atoms with Gasteiger partial charge in [-0.15, -0.1) is 0 Å². The number of halogens is 2. The Morgan fingerprint density at radius 3 is 1.26 bits per heavy atom. The van der Waals surface area contributed by atoms with Gasteiger partial charge in [-0.25, -0.2) is 0 Å². The van der Waals surface area contributed by atoms with Crippen LogP contribution in [0.25, 0.3) is 11.1 Å². The zero-order valence-electron chi connectivity index (χ0n) is 17.1. The van der Waals surface area contributed by atoms with Crippen molar-refractivity contribution in [1.29, 1.82) is 0 Å². The molecule has 0 aliphatic carbocycles. The van der Waals surface area contributed by atoms with Crippen molar-refractivity contribution in [2.24, 2.45) is 0 Å². The average molecular weight is 551 g/mol. The standard InChI is InChI=1S/C12H8Cl2.4C2H4O2.Zr/c13-11-8-4-7-10(12(11)14)9-5-2-1-3-6-9;4*1-2(3)4;/h1-8H;4*1H3,(H,3,4);/q;;;;;+4/p-4. The zero-order chi connectivity index (χ0) is 24.3. The van der Waals surface area contributed by atoms with Gasteiger partial charge >= 0.3 is 26.2 Å². The predicted molar refractivity (Wildman–Crippen MR) is 105 cm³/mol. The van der Waals surface area contributed by atoms with Gasteiger partial charge in [0, 0.05) is 29.4 Å². The van der Waals surface area contributed by atoms with Gasteiger partial charge in [0.05, 0.1) is 10.0 Å². The third kappa shape index (κ3) is 32.7. The molecular weight excluding hydrogens is 530 g/mol. The first-order valence-electron chi connectivity index (χ1n) is 7.92. The van der Waals surface area contributed by atoms with Gasteiger partial charge < -0.3 is 39.6 Å². The Balaban J connectivity index is -0.000000179. The maximum Gasteiger partial charge on any atom is 4.00 e. The molecular formula is C20H20Cl2O8Zr. The van der Waals surface area contributed by atoms with Gasteiger partial charge in [-0.05, 0) is 39.3 Å². The Bertz CT molecular complexity index is 735. The molecule has 0 unspecified atom stereocenters. The monoisotopic (exact) mass is 548 g/mol. The van der Waals surface area contributed by atoms with Gasteiger partial charge in [-0.3, -0.25) is 0 Å². The second-order valence-corrected chi connectivity index (χ2v) is 5.72. The van der Waals surface area contributed by atoms with Crippen LogP contribution >= 0.6 is 23.2 Å². The van der Waals surface area contributed by atoms with Gasteiger partial charge in [0.15, 0.2) is 0 Å². The molecule has 0 aromatic heterocycles. The molecule has 2 rings (SSSR count).